The van der Waals surface area contributed by atoms with E-state index in [9.17, 15) is 0 Å². The quantitative estimate of drug-likeness (QED) is 0.723. The van der Waals surface area contributed by atoms with Crippen molar-refractivity contribution in [1.82, 2.24) is 14.5 Å². The van der Waals surface area contributed by atoms with Crippen molar-refractivity contribution < 1.29 is 0 Å². The van der Waals surface area contributed by atoms with Crippen molar-refractivity contribution in [3.63, 3.8) is 0 Å². The fourth-order valence-electron chi connectivity index (χ4n) is 1.91. The first-order valence-corrected chi connectivity index (χ1v) is 6.19. The molecule has 0 saturated carbocycles. The van der Waals surface area contributed by atoms with E-state index in [1.165, 1.54) is 0 Å². The average Bonchev–Trinajstić information content (AvgIpc) is 2.67. The third kappa shape index (κ3) is 5.01. The Morgan fingerprint density at radius 2 is 2.24 bits per heavy atom. The first kappa shape index (κ1) is 13.7. The molecule has 0 atom stereocenters. The molecule has 0 spiro atoms. The first-order valence-electron chi connectivity index (χ1n) is 6.19. The smallest absolute Gasteiger partial charge is 0.109 e. The van der Waals surface area contributed by atoms with E-state index in [0.29, 0.717) is 12.3 Å². The van der Waals surface area contributed by atoms with E-state index < -0.39 is 0 Å². The molecular formula is C13H22N4. The SMILES string of the molecule is CC(C)CN(CCC#N)CCc1nccn1C. The summed E-state index contributed by atoms with van der Waals surface area (Å²) in [6.45, 7) is 7.30. The molecular weight excluding hydrogens is 212 g/mol. The van der Waals surface area contributed by atoms with Crippen molar-refractivity contribution in [2.75, 3.05) is 19.6 Å². The number of hydrogen-bond donors (Lipinski definition) is 0. The standard InChI is InChI=1S/C13H22N4/c1-12(2)11-17(8-4-6-14)9-5-13-15-7-10-16(13)3/h7,10,12H,4-5,8-9,11H2,1-3H3. The Labute approximate surface area is 104 Å². The van der Waals surface area contributed by atoms with Gasteiger partial charge in [-0.3, -0.25) is 0 Å². The molecule has 4 nitrogen and oxygen atoms in total. The Bertz CT molecular complexity index is 362. The number of nitriles is 1. The van der Waals surface area contributed by atoms with Crippen LogP contribution in [0.15, 0.2) is 12.4 Å². The average molecular weight is 234 g/mol. The van der Waals surface area contributed by atoms with Gasteiger partial charge in [0.25, 0.3) is 0 Å². The number of imidazole rings is 1. The van der Waals surface area contributed by atoms with Gasteiger partial charge in [0.15, 0.2) is 0 Å². The van der Waals surface area contributed by atoms with Gasteiger partial charge >= 0.3 is 0 Å². The highest BCUT2D eigenvalue weighted by molar-refractivity contribution is 4.92. The lowest BCUT2D eigenvalue weighted by Gasteiger charge is -2.22. The van der Waals surface area contributed by atoms with Gasteiger partial charge in [-0.1, -0.05) is 13.8 Å². The first-order chi connectivity index (χ1) is 8.13. The van der Waals surface area contributed by atoms with Crippen molar-refractivity contribution in [2.45, 2.75) is 26.7 Å². The largest absolute Gasteiger partial charge is 0.338 e. The maximum absolute atomic E-state index is 8.65. The van der Waals surface area contributed by atoms with Crippen molar-refractivity contribution in [3.05, 3.63) is 18.2 Å². The Morgan fingerprint density at radius 1 is 1.47 bits per heavy atom. The molecule has 0 saturated heterocycles. The number of aryl methyl sites for hydroxylation is 1. The van der Waals surface area contributed by atoms with Gasteiger partial charge in [0.2, 0.25) is 0 Å². The second-order valence-corrected chi connectivity index (χ2v) is 4.81. The highest BCUT2D eigenvalue weighted by atomic mass is 15.1. The van der Waals surface area contributed by atoms with E-state index in [2.05, 4.69) is 34.4 Å². The molecule has 0 aliphatic heterocycles. The number of aromatic nitrogens is 2. The molecule has 1 heterocycles. The number of hydrogen-bond acceptors (Lipinski definition) is 3. The Hall–Kier alpha value is -1.34. The summed E-state index contributed by atoms with van der Waals surface area (Å²) < 4.78 is 2.05. The van der Waals surface area contributed by atoms with E-state index in [-0.39, 0.29) is 0 Å². The second-order valence-electron chi connectivity index (χ2n) is 4.81. The molecule has 1 aromatic rings. The van der Waals surface area contributed by atoms with Gasteiger partial charge in [0.05, 0.1) is 6.07 Å². The summed E-state index contributed by atoms with van der Waals surface area (Å²) in [6, 6.07) is 2.21. The third-order valence-electron chi connectivity index (χ3n) is 2.74. The lowest BCUT2D eigenvalue weighted by Crippen LogP contribution is -2.31. The van der Waals surface area contributed by atoms with Crippen molar-refractivity contribution in [1.29, 1.82) is 5.26 Å². The summed E-state index contributed by atoms with van der Waals surface area (Å²) in [5, 5.41) is 8.65. The van der Waals surface area contributed by atoms with Crippen LogP contribution < -0.4 is 0 Å². The van der Waals surface area contributed by atoms with Crippen LogP contribution in [0.5, 0.6) is 0 Å². The van der Waals surface area contributed by atoms with Crippen LogP contribution in [0.4, 0.5) is 0 Å². The van der Waals surface area contributed by atoms with Crippen LogP contribution in [0, 0.1) is 17.2 Å². The molecule has 0 aromatic carbocycles. The molecule has 0 aliphatic carbocycles. The Kier molecular flexibility index (Phi) is 5.71. The minimum atomic E-state index is 0.604. The predicted octanol–water partition coefficient (Wildman–Crippen LogP) is 1.83. The summed E-state index contributed by atoms with van der Waals surface area (Å²) in [6.07, 6.45) is 5.35. The molecule has 0 aliphatic rings. The molecule has 4 heteroatoms. The maximum atomic E-state index is 8.65. The molecule has 17 heavy (non-hydrogen) atoms. The van der Waals surface area contributed by atoms with E-state index in [4.69, 9.17) is 5.26 Å². The maximum Gasteiger partial charge on any atom is 0.109 e. The third-order valence-corrected chi connectivity index (χ3v) is 2.74. The predicted molar refractivity (Wildman–Crippen MR) is 68.4 cm³/mol. The lowest BCUT2D eigenvalue weighted by atomic mass is 10.2. The minimum Gasteiger partial charge on any atom is -0.338 e. The summed E-state index contributed by atoms with van der Waals surface area (Å²) >= 11 is 0. The normalized spacial score (nSPS) is 11.1. The molecule has 0 N–H and O–H groups in total. The molecule has 0 amide bonds. The fourth-order valence-corrected chi connectivity index (χ4v) is 1.91. The van der Waals surface area contributed by atoms with Gasteiger partial charge in [-0.25, -0.2) is 4.98 Å². The van der Waals surface area contributed by atoms with Crippen LogP contribution in [-0.4, -0.2) is 34.1 Å². The van der Waals surface area contributed by atoms with Crippen LogP contribution in [0.3, 0.4) is 0 Å². The summed E-state index contributed by atoms with van der Waals surface area (Å²) in [7, 11) is 2.02. The fraction of sp³-hybridized carbons (Fsp3) is 0.692. The highest BCUT2D eigenvalue weighted by Gasteiger charge is 2.08. The second kappa shape index (κ2) is 7.08. The van der Waals surface area contributed by atoms with Crippen LogP contribution in [0.25, 0.3) is 0 Å². The van der Waals surface area contributed by atoms with Gasteiger partial charge in [-0.15, -0.1) is 0 Å². The zero-order chi connectivity index (χ0) is 12.7. The van der Waals surface area contributed by atoms with Gasteiger partial charge in [0, 0.05) is 51.9 Å². The summed E-state index contributed by atoms with van der Waals surface area (Å²) in [5.41, 5.74) is 0. The van der Waals surface area contributed by atoms with Crippen LogP contribution in [-0.2, 0) is 13.5 Å². The summed E-state index contributed by atoms with van der Waals surface area (Å²) in [5.74, 6) is 1.74. The van der Waals surface area contributed by atoms with Crippen LogP contribution >= 0.6 is 0 Å². The van der Waals surface area contributed by atoms with Crippen LogP contribution in [0.2, 0.25) is 0 Å². The number of nitrogens with zero attached hydrogens (tertiary/aromatic N) is 4. The van der Waals surface area contributed by atoms with E-state index in [0.717, 1.165) is 31.9 Å². The molecule has 94 valence electrons. The van der Waals surface area contributed by atoms with Gasteiger partial charge in [-0.05, 0) is 5.92 Å². The zero-order valence-corrected chi connectivity index (χ0v) is 11.1. The minimum absolute atomic E-state index is 0.604. The molecule has 1 aromatic heterocycles. The van der Waals surface area contributed by atoms with Crippen molar-refractivity contribution >= 4 is 0 Å². The Balaban J connectivity index is 2.43. The molecule has 0 bridgehead atoms. The Morgan fingerprint density at radius 3 is 2.76 bits per heavy atom. The van der Waals surface area contributed by atoms with Crippen LogP contribution in [0.1, 0.15) is 26.1 Å². The van der Waals surface area contributed by atoms with Gasteiger partial charge in [0.1, 0.15) is 5.82 Å². The lowest BCUT2D eigenvalue weighted by molar-refractivity contribution is 0.250. The van der Waals surface area contributed by atoms with E-state index >= 15 is 0 Å². The van der Waals surface area contributed by atoms with Gasteiger partial charge < -0.3 is 9.47 Å². The molecule has 0 radical (unpaired) electrons. The topological polar surface area (TPSA) is 44.9 Å². The molecule has 0 fully saturated rings. The van der Waals surface area contributed by atoms with Crippen molar-refractivity contribution in [3.8, 4) is 6.07 Å². The van der Waals surface area contributed by atoms with Gasteiger partial charge in [-0.2, -0.15) is 5.26 Å². The monoisotopic (exact) mass is 234 g/mol. The van der Waals surface area contributed by atoms with Crippen molar-refractivity contribution in [2.24, 2.45) is 13.0 Å². The molecule has 0 unspecified atom stereocenters. The zero-order valence-electron chi connectivity index (χ0n) is 11.1. The van der Waals surface area contributed by atoms with E-state index in [1.54, 1.807) is 0 Å². The molecule has 1 rings (SSSR count). The number of rotatable bonds is 7. The van der Waals surface area contributed by atoms with E-state index in [1.807, 2.05) is 19.4 Å². The summed E-state index contributed by atoms with van der Waals surface area (Å²) in [4.78, 5) is 6.67. The highest BCUT2D eigenvalue weighted by Crippen LogP contribution is 2.03.